The number of nitrogen functional groups attached to an aromatic ring is 1. The number of nitrogens with two attached hydrogens (primary N) is 1. The molecule has 34 heavy (non-hydrogen) atoms. The minimum absolute atomic E-state index is 0.0824. The van der Waals surface area contributed by atoms with Gasteiger partial charge in [0.15, 0.2) is 17.5 Å². The molecule has 0 saturated carbocycles. The molecule has 3 rings (SSSR count). The zero-order chi connectivity index (χ0) is 25.0. The van der Waals surface area contributed by atoms with Crippen LogP contribution in [0, 0.1) is 17.5 Å². The van der Waals surface area contributed by atoms with Gasteiger partial charge in [-0.1, -0.05) is 6.07 Å². The second-order valence-corrected chi connectivity index (χ2v) is 7.41. The largest absolute Gasteiger partial charge is 0.448 e. The Kier molecular flexibility index (Phi) is 7.42. The first-order valence-corrected chi connectivity index (χ1v) is 10.2. The molecule has 0 aliphatic carbocycles. The fourth-order valence-electron chi connectivity index (χ4n) is 3.20. The van der Waals surface area contributed by atoms with Crippen LogP contribution in [-0.4, -0.2) is 37.7 Å². The Bertz CT molecular complexity index is 1190. The van der Waals surface area contributed by atoms with Gasteiger partial charge in [-0.05, 0) is 66.6 Å². The molecular weight excluding hydrogens is 449 g/mol. The summed E-state index contributed by atoms with van der Waals surface area (Å²) in [6.45, 7) is 1.91. The number of nitrogens with one attached hydrogen (secondary N) is 1. The van der Waals surface area contributed by atoms with Gasteiger partial charge in [0.2, 0.25) is 0 Å². The van der Waals surface area contributed by atoms with E-state index in [2.05, 4.69) is 5.32 Å². The highest BCUT2D eigenvalue weighted by Gasteiger charge is 2.20. The fourth-order valence-corrected chi connectivity index (χ4v) is 3.20. The van der Waals surface area contributed by atoms with Gasteiger partial charge in [0.25, 0.3) is 5.91 Å². The first-order chi connectivity index (χ1) is 16.1. The van der Waals surface area contributed by atoms with E-state index in [1.807, 2.05) is 0 Å². The summed E-state index contributed by atoms with van der Waals surface area (Å²) in [5, 5.41) is 5.49. The molecule has 3 aromatic carbocycles. The van der Waals surface area contributed by atoms with Gasteiger partial charge in [0.05, 0.1) is 23.7 Å². The van der Waals surface area contributed by atoms with E-state index in [-0.39, 0.29) is 29.1 Å². The first-order valence-electron chi connectivity index (χ1n) is 10.2. The van der Waals surface area contributed by atoms with Gasteiger partial charge < -0.3 is 15.8 Å². The summed E-state index contributed by atoms with van der Waals surface area (Å²) < 4.78 is 45.6. The summed E-state index contributed by atoms with van der Waals surface area (Å²) in [5.41, 5.74) is 7.55. The second-order valence-electron chi connectivity index (χ2n) is 7.41. The van der Waals surface area contributed by atoms with E-state index in [9.17, 15) is 22.8 Å². The molecule has 7 nitrogen and oxygen atoms in total. The van der Waals surface area contributed by atoms with Crippen LogP contribution in [0.15, 0.2) is 54.6 Å². The molecule has 0 radical (unpaired) electrons. The lowest BCUT2D eigenvalue weighted by Crippen LogP contribution is -2.42. The summed E-state index contributed by atoms with van der Waals surface area (Å²) in [7, 11) is 3.35. The molecule has 178 valence electrons. The van der Waals surface area contributed by atoms with E-state index in [4.69, 9.17) is 10.5 Å². The number of carbonyl (C=O) groups is 2. The van der Waals surface area contributed by atoms with Gasteiger partial charge in [0.1, 0.15) is 0 Å². The molecule has 0 spiro atoms. The standard InChI is InChI=1S/C24H23F3N4O3/c1-4-34-24(33)31(30(2)3)17-8-5-14(6-9-17)23(32)29-21-13-15(7-10-20(21)28)16-11-18(25)22(27)19(26)12-16/h5-13H,4,28H2,1-3H3,(H,29,32). The van der Waals surface area contributed by atoms with Crippen molar-refractivity contribution < 1.29 is 27.5 Å². The fraction of sp³-hybridized carbons (Fsp3) is 0.167. The number of anilines is 3. The van der Waals surface area contributed by atoms with Crippen molar-refractivity contribution in [3.05, 3.63) is 77.6 Å². The Morgan fingerprint density at radius 1 is 0.941 bits per heavy atom. The van der Waals surface area contributed by atoms with Gasteiger partial charge in [0, 0.05) is 19.7 Å². The molecule has 0 aromatic heterocycles. The first kappa shape index (κ1) is 24.6. The zero-order valence-corrected chi connectivity index (χ0v) is 18.7. The maximum absolute atomic E-state index is 13.6. The van der Waals surface area contributed by atoms with Crippen LogP contribution >= 0.6 is 0 Å². The minimum atomic E-state index is -1.56. The molecular formula is C24H23F3N4O3. The average molecular weight is 472 g/mol. The predicted molar refractivity (Wildman–Crippen MR) is 124 cm³/mol. The number of carbonyl (C=O) groups excluding carboxylic acids is 2. The van der Waals surface area contributed by atoms with Crippen LogP contribution in [0.25, 0.3) is 11.1 Å². The quantitative estimate of drug-likeness (QED) is 0.298. The molecule has 0 aliphatic rings. The van der Waals surface area contributed by atoms with Crippen LogP contribution in [0.1, 0.15) is 17.3 Å². The molecule has 0 bridgehead atoms. The van der Waals surface area contributed by atoms with E-state index in [0.29, 0.717) is 11.3 Å². The Morgan fingerprint density at radius 2 is 1.56 bits per heavy atom. The van der Waals surface area contributed by atoms with Crippen molar-refractivity contribution in [2.75, 3.05) is 36.8 Å². The highest BCUT2D eigenvalue weighted by atomic mass is 19.2. The highest BCUT2D eigenvalue weighted by molar-refractivity contribution is 6.06. The van der Waals surface area contributed by atoms with Crippen LogP contribution in [0.2, 0.25) is 0 Å². The zero-order valence-electron chi connectivity index (χ0n) is 18.7. The predicted octanol–water partition coefficient (Wildman–Crippen LogP) is 5.04. The molecule has 0 unspecified atom stereocenters. The Hall–Kier alpha value is -4.05. The van der Waals surface area contributed by atoms with E-state index in [1.165, 1.54) is 35.3 Å². The third-order valence-electron chi connectivity index (χ3n) is 4.83. The van der Waals surface area contributed by atoms with Crippen molar-refractivity contribution in [3.63, 3.8) is 0 Å². The van der Waals surface area contributed by atoms with Gasteiger partial charge >= 0.3 is 6.09 Å². The van der Waals surface area contributed by atoms with Gasteiger partial charge in [-0.25, -0.2) is 28.0 Å². The Labute approximate surface area is 194 Å². The third kappa shape index (κ3) is 5.29. The summed E-state index contributed by atoms with van der Waals surface area (Å²) in [5.74, 6) is -4.72. The third-order valence-corrected chi connectivity index (χ3v) is 4.83. The van der Waals surface area contributed by atoms with Crippen molar-refractivity contribution in [1.82, 2.24) is 5.01 Å². The van der Waals surface area contributed by atoms with Crippen LogP contribution < -0.4 is 16.1 Å². The molecule has 3 N–H and O–H groups in total. The van der Waals surface area contributed by atoms with Crippen LogP contribution in [0.3, 0.4) is 0 Å². The summed E-state index contributed by atoms with van der Waals surface area (Å²) in [4.78, 5) is 25.0. The summed E-state index contributed by atoms with van der Waals surface area (Å²) in [6, 6.07) is 12.3. The van der Waals surface area contributed by atoms with E-state index in [1.54, 1.807) is 38.2 Å². The van der Waals surface area contributed by atoms with E-state index in [0.717, 1.165) is 12.1 Å². The highest BCUT2D eigenvalue weighted by Crippen LogP contribution is 2.30. The van der Waals surface area contributed by atoms with E-state index < -0.39 is 29.5 Å². The molecule has 2 amide bonds. The van der Waals surface area contributed by atoms with Crippen LogP contribution in [-0.2, 0) is 4.74 Å². The van der Waals surface area contributed by atoms with Gasteiger partial charge in [-0.3, -0.25) is 4.79 Å². The number of hydrazine groups is 1. The topological polar surface area (TPSA) is 87.9 Å². The number of ether oxygens (including phenoxy) is 1. The molecule has 0 saturated heterocycles. The smallest absolute Gasteiger partial charge is 0.429 e. The lowest BCUT2D eigenvalue weighted by atomic mass is 10.0. The summed E-state index contributed by atoms with van der Waals surface area (Å²) in [6.07, 6.45) is -0.567. The normalized spacial score (nSPS) is 10.8. The number of nitrogens with zero attached hydrogens (tertiary/aromatic N) is 2. The molecule has 0 atom stereocenters. The number of amides is 2. The van der Waals surface area contributed by atoms with Crippen molar-refractivity contribution in [3.8, 4) is 11.1 Å². The maximum Gasteiger partial charge on any atom is 0.429 e. The molecule has 0 fully saturated rings. The number of rotatable bonds is 6. The van der Waals surface area contributed by atoms with Crippen molar-refractivity contribution in [1.29, 1.82) is 0 Å². The molecule has 0 heterocycles. The number of hydrogen-bond acceptors (Lipinski definition) is 5. The minimum Gasteiger partial charge on any atom is -0.448 e. The monoisotopic (exact) mass is 472 g/mol. The molecule has 0 aliphatic heterocycles. The van der Waals surface area contributed by atoms with Gasteiger partial charge in [-0.15, -0.1) is 0 Å². The Morgan fingerprint density at radius 3 is 2.12 bits per heavy atom. The van der Waals surface area contributed by atoms with Crippen molar-refractivity contribution in [2.45, 2.75) is 6.92 Å². The maximum atomic E-state index is 13.6. The molecule has 3 aromatic rings. The number of benzene rings is 3. The van der Waals surface area contributed by atoms with Gasteiger partial charge in [-0.2, -0.15) is 0 Å². The lowest BCUT2D eigenvalue weighted by Gasteiger charge is -2.27. The van der Waals surface area contributed by atoms with Crippen molar-refractivity contribution in [2.24, 2.45) is 0 Å². The Balaban J connectivity index is 1.83. The van der Waals surface area contributed by atoms with Crippen LogP contribution in [0.5, 0.6) is 0 Å². The van der Waals surface area contributed by atoms with Crippen LogP contribution in [0.4, 0.5) is 35.0 Å². The molecule has 10 heteroatoms. The average Bonchev–Trinajstić information content (AvgIpc) is 2.79. The lowest BCUT2D eigenvalue weighted by molar-refractivity contribution is 0.102. The number of halogens is 3. The van der Waals surface area contributed by atoms with E-state index >= 15 is 0 Å². The number of hydrogen-bond donors (Lipinski definition) is 2. The van der Waals surface area contributed by atoms with Crippen molar-refractivity contribution >= 4 is 29.1 Å². The second kappa shape index (κ2) is 10.3. The summed E-state index contributed by atoms with van der Waals surface area (Å²) >= 11 is 0. The SMILES string of the molecule is CCOC(=O)N(c1ccc(C(=O)Nc2cc(-c3cc(F)c(F)c(F)c3)ccc2N)cc1)N(C)C.